The van der Waals surface area contributed by atoms with E-state index in [1.54, 1.807) is 56.8 Å². The van der Waals surface area contributed by atoms with Crippen LogP contribution in [0.25, 0.3) is 0 Å². The topological polar surface area (TPSA) is 109 Å². The van der Waals surface area contributed by atoms with E-state index in [-0.39, 0.29) is 12.5 Å². The van der Waals surface area contributed by atoms with Crippen LogP contribution in [0.15, 0.2) is 58.3 Å². The summed E-state index contributed by atoms with van der Waals surface area (Å²) in [5.41, 5.74) is 2.97. The molecule has 0 aromatic heterocycles. The largest absolute Gasteiger partial charge is 0.444 e. The number of hydrogen-bond donors (Lipinski definition) is 4. The predicted octanol–water partition coefficient (Wildman–Crippen LogP) is 4.12. The predicted molar refractivity (Wildman–Crippen MR) is 107 cm³/mol. The fraction of sp³-hybridized carbons (Fsp3) is 0.263. The first kappa shape index (κ1) is 21.5. The Hall–Kier alpha value is -2.75. The number of rotatable bonds is 7. The average molecular weight is 405 g/mol. The maximum Gasteiger partial charge on any atom is 0.408 e. The van der Waals surface area contributed by atoms with Crippen LogP contribution in [-0.4, -0.2) is 29.4 Å². The van der Waals surface area contributed by atoms with Gasteiger partial charge in [-0.2, -0.15) is 0 Å². The minimum Gasteiger partial charge on any atom is -0.444 e. The van der Waals surface area contributed by atoms with Gasteiger partial charge in [-0.3, -0.25) is 4.79 Å². The van der Waals surface area contributed by atoms with E-state index >= 15 is 0 Å². The van der Waals surface area contributed by atoms with Gasteiger partial charge in [-0.1, -0.05) is 11.8 Å². The van der Waals surface area contributed by atoms with Gasteiger partial charge >= 0.3 is 6.09 Å². The molecule has 0 atom stereocenters. The molecule has 2 aromatic rings. The second-order valence-corrected chi connectivity index (χ2v) is 7.89. The number of amides is 2. The van der Waals surface area contributed by atoms with Crippen molar-refractivity contribution in [3.8, 4) is 0 Å². The molecule has 28 heavy (non-hydrogen) atoms. The van der Waals surface area contributed by atoms with Crippen molar-refractivity contribution in [1.82, 2.24) is 5.32 Å². The summed E-state index contributed by atoms with van der Waals surface area (Å²) in [6.07, 6.45) is -0.638. The molecule has 0 bridgehead atoms. The normalized spacial score (nSPS) is 10.9. The minimum absolute atomic E-state index is 0.177. The van der Waals surface area contributed by atoms with Crippen molar-refractivity contribution in [1.29, 1.82) is 0 Å². The van der Waals surface area contributed by atoms with Crippen LogP contribution in [0.4, 0.5) is 16.2 Å². The van der Waals surface area contributed by atoms with E-state index in [2.05, 4.69) is 21.1 Å². The van der Waals surface area contributed by atoms with Gasteiger partial charge in [0.2, 0.25) is 5.91 Å². The highest BCUT2D eigenvalue weighted by atomic mass is 32.2. The van der Waals surface area contributed by atoms with Gasteiger partial charge in [-0.15, -0.1) is 4.99 Å². The molecule has 2 rings (SSSR count). The zero-order valence-corrected chi connectivity index (χ0v) is 16.6. The molecular weight excluding hydrogens is 382 g/mol. The van der Waals surface area contributed by atoms with Gasteiger partial charge in [0.1, 0.15) is 12.1 Å². The molecule has 0 aliphatic rings. The molecule has 0 aliphatic heterocycles. The summed E-state index contributed by atoms with van der Waals surface area (Å²) < 4.78 is 5.08. The third kappa shape index (κ3) is 7.87. The van der Waals surface area contributed by atoms with Crippen LogP contribution >= 0.6 is 11.8 Å². The van der Waals surface area contributed by atoms with Gasteiger partial charge in [-0.25, -0.2) is 15.5 Å². The van der Waals surface area contributed by atoms with E-state index in [1.165, 1.54) is 0 Å². The monoisotopic (exact) mass is 405 g/mol. The molecule has 0 aliphatic carbocycles. The number of carbonyl (C=O) groups excluding carboxylic acids is 2. The Morgan fingerprint density at radius 2 is 1.50 bits per heavy atom. The Labute approximate surface area is 167 Å². The Bertz CT molecular complexity index is 789. The lowest BCUT2D eigenvalue weighted by molar-refractivity contribution is -0.215. The van der Waals surface area contributed by atoms with E-state index in [0.717, 1.165) is 9.79 Å². The average Bonchev–Trinajstić information content (AvgIpc) is 2.62. The van der Waals surface area contributed by atoms with Crippen LogP contribution in [0.3, 0.4) is 0 Å². The lowest BCUT2D eigenvalue weighted by atomic mass is 10.2. The summed E-state index contributed by atoms with van der Waals surface area (Å²) in [6, 6.07) is 14.6. The molecule has 8 nitrogen and oxygen atoms in total. The van der Waals surface area contributed by atoms with Crippen LogP contribution in [-0.2, 0) is 14.5 Å². The first-order valence-electron chi connectivity index (χ1n) is 8.46. The maximum absolute atomic E-state index is 11.9. The molecule has 2 aromatic carbocycles. The molecule has 0 unspecified atom stereocenters. The van der Waals surface area contributed by atoms with Crippen LogP contribution in [0.5, 0.6) is 0 Å². The molecule has 0 saturated carbocycles. The van der Waals surface area contributed by atoms with Crippen molar-refractivity contribution < 1.29 is 24.6 Å². The summed E-state index contributed by atoms with van der Waals surface area (Å²) in [5.74, 6) is -0.347. The fourth-order valence-corrected chi connectivity index (χ4v) is 2.87. The van der Waals surface area contributed by atoms with E-state index in [4.69, 9.17) is 9.99 Å². The first-order valence-corrected chi connectivity index (χ1v) is 9.28. The second kappa shape index (κ2) is 9.98. The van der Waals surface area contributed by atoms with Crippen molar-refractivity contribution in [2.75, 3.05) is 17.3 Å². The minimum atomic E-state index is -0.638. The van der Waals surface area contributed by atoms with Crippen LogP contribution in [0.1, 0.15) is 20.8 Å². The second-order valence-electron chi connectivity index (χ2n) is 6.75. The van der Waals surface area contributed by atoms with Crippen molar-refractivity contribution in [2.45, 2.75) is 36.2 Å². The molecule has 9 heteroatoms. The highest BCUT2D eigenvalue weighted by Crippen LogP contribution is 2.29. The molecule has 4 N–H and O–H groups in total. The van der Waals surface area contributed by atoms with Gasteiger partial charge < -0.3 is 15.4 Å². The third-order valence-corrected chi connectivity index (χ3v) is 4.20. The van der Waals surface area contributed by atoms with Crippen molar-refractivity contribution >= 4 is 35.1 Å². The summed E-state index contributed by atoms with van der Waals surface area (Å²) in [6.45, 7) is 5.08. The number of nitrogens with one attached hydrogen (secondary N) is 3. The SMILES string of the molecule is CC(C)(C)OC(=O)NCC(=O)Nc1ccc(Sc2ccc(NOO)cc2)cc1. The van der Waals surface area contributed by atoms with E-state index in [1.807, 2.05) is 24.3 Å². The van der Waals surface area contributed by atoms with E-state index in [0.29, 0.717) is 11.4 Å². The van der Waals surface area contributed by atoms with Gasteiger partial charge in [0.15, 0.2) is 0 Å². The zero-order chi connectivity index (χ0) is 20.6. The van der Waals surface area contributed by atoms with E-state index in [9.17, 15) is 9.59 Å². The lowest BCUT2D eigenvalue weighted by Crippen LogP contribution is -2.37. The highest BCUT2D eigenvalue weighted by Gasteiger charge is 2.16. The molecule has 0 saturated heterocycles. The molecule has 0 radical (unpaired) electrons. The Morgan fingerprint density at radius 1 is 0.964 bits per heavy atom. The Morgan fingerprint density at radius 3 is 2.00 bits per heavy atom. The zero-order valence-electron chi connectivity index (χ0n) is 15.8. The summed E-state index contributed by atoms with van der Waals surface area (Å²) >= 11 is 1.54. The van der Waals surface area contributed by atoms with Crippen molar-refractivity contribution in [3.63, 3.8) is 0 Å². The smallest absolute Gasteiger partial charge is 0.408 e. The number of anilines is 2. The number of ether oxygens (including phenoxy) is 1. The maximum atomic E-state index is 11.9. The number of alkyl carbamates (subject to hydrolysis) is 1. The fourth-order valence-electron chi connectivity index (χ4n) is 2.06. The quantitative estimate of drug-likeness (QED) is 0.405. The Balaban J connectivity index is 1.81. The number of benzene rings is 2. The highest BCUT2D eigenvalue weighted by molar-refractivity contribution is 7.99. The van der Waals surface area contributed by atoms with Gasteiger partial charge in [-0.05, 0) is 69.3 Å². The number of carbonyl (C=O) groups is 2. The Kier molecular flexibility index (Phi) is 7.68. The van der Waals surface area contributed by atoms with Gasteiger partial charge in [0.05, 0.1) is 5.69 Å². The standard InChI is InChI=1S/C19H23N3O5S/c1-19(2,3)26-18(24)20-12-17(23)21-13-4-8-15(9-5-13)28-16-10-6-14(7-11-16)22-27-25/h4-11,22,25H,12H2,1-3H3,(H,20,24)(H,21,23). The van der Waals surface area contributed by atoms with E-state index < -0.39 is 11.7 Å². The van der Waals surface area contributed by atoms with Gasteiger partial charge in [0.25, 0.3) is 0 Å². The van der Waals surface area contributed by atoms with Crippen molar-refractivity contribution in [3.05, 3.63) is 48.5 Å². The van der Waals surface area contributed by atoms with Gasteiger partial charge in [0, 0.05) is 15.5 Å². The lowest BCUT2D eigenvalue weighted by Gasteiger charge is -2.19. The molecule has 150 valence electrons. The molecule has 0 heterocycles. The first-order chi connectivity index (χ1) is 13.2. The molecule has 0 fully saturated rings. The van der Waals surface area contributed by atoms with Crippen LogP contribution in [0.2, 0.25) is 0 Å². The summed E-state index contributed by atoms with van der Waals surface area (Å²) in [4.78, 5) is 29.3. The molecule has 2 amide bonds. The number of hydrogen-bond acceptors (Lipinski definition) is 7. The third-order valence-electron chi connectivity index (χ3n) is 3.18. The van der Waals surface area contributed by atoms with Crippen LogP contribution in [0, 0.1) is 0 Å². The molecule has 0 spiro atoms. The summed E-state index contributed by atoms with van der Waals surface area (Å²) in [5, 5.41) is 13.5. The van der Waals surface area contributed by atoms with Crippen LogP contribution < -0.4 is 16.1 Å². The summed E-state index contributed by atoms with van der Waals surface area (Å²) in [7, 11) is 0. The van der Waals surface area contributed by atoms with Crippen molar-refractivity contribution in [2.24, 2.45) is 0 Å². The molecular formula is C19H23N3O5S.